The molecule has 4 heteroatoms. The number of amides is 1. The van der Waals surface area contributed by atoms with Gasteiger partial charge in [0.05, 0.1) is 5.92 Å². The highest BCUT2D eigenvalue weighted by molar-refractivity contribution is 5.77. The van der Waals surface area contributed by atoms with Crippen LogP contribution in [0.4, 0.5) is 5.69 Å². The van der Waals surface area contributed by atoms with E-state index in [0.29, 0.717) is 19.1 Å². The van der Waals surface area contributed by atoms with Crippen LogP contribution in [0.1, 0.15) is 18.9 Å². The van der Waals surface area contributed by atoms with Crippen molar-refractivity contribution in [3.63, 3.8) is 0 Å². The zero-order chi connectivity index (χ0) is 13.1. The van der Waals surface area contributed by atoms with Crippen molar-refractivity contribution < 1.29 is 4.79 Å². The minimum absolute atomic E-state index is 0.162. The van der Waals surface area contributed by atoms with Gasteiger partial charge in [-0.1, -0.05) is 25.1 Å². The van der Waals surface area contributed by atoms with Crippen molar-refractivity contribution in [1.29, 1.82) is 0 Å². The molecule has 18 heavy (non-hydrogen) atoms. The molecule has 1 aliphatic rings. The number of anilines is 1. The monoisotopic (exact) mass is 247 g/mol. The van der Waals surface area contributed by atoms with E-state index in [0.717, 1.165) is 12.8 Å². The second kappa shape index (κ2) is 5.40. The van der Waals surface area contributed by atoms with Crippen LogP contribution in [-0.4, -0.2) is 25.0 Å². The van der Waals surface area contributed by atoms with Gasteiger partial charge in [0.25, 0.3) is 0 Å². The Morgan fingerprint density at radius 1 is 1.50 bits per heavy atom. The lowest BCUT2D eigenvalue weighted by Crippen LogP contribution is -2.47. The molecule has 0 aliphatic carbocycles. The van der Waals surface area contributed by atoms with Gasteiger partial charge < -0.3 is 16.4 Å². The van der Waals surface area contributed by atoms with Crippen molar-refractivity contribution in [2.75, 3.05) is 18.0 Å². The van der Waals surface area contributed by atoms with Crippen LogP contribution in [0.5, 0.6) is 0 Å². The lowest BCUT2D eigenvalue weighted by molar-refractivity contribution is -0.121. The third kappa shape index (κ3) is 2.48. The first-order valence-corrected chi connectivity index (χ1v) is 6.47. The molecule has 0 aromatic heterocycles. The van der Waals surface area contributed by atoms with Gasteiger partial charge in [-0.25, -0.2) is 0 Å². The lowest BCUT2D eigenvalue weighted by atomic mass is 9.94. The molecule has 0 fully saturated rings. The number of benzene rings is 1. The number of fused-ring (bicyclic) bond motifs is 1. The van der Waals surface area contributed by atoms with Gasteiger partial charge in [-0.15, -0.1) is 0 Å². The summed E-state index contributed by atoms with van der Waals surface area (Å²) in [7, 11) is 0. The van der Waals surface area contributed by atoms with E-state index in [1.165, 1.54) is 11.3 Å². The Balaban J connectivity index is 2.26. The van der Waals surface area contributed by atoms with Crippen molar-refractivity contribution in [3.8, 4) is 0 Å². The average molecular weight is 247 g/mol. The summed E-state index contributed by atoms with van der Waals surface area (Å²) in [5.74, 6) is -0.418. The van der Waals surface area contributed by atoms with E-state index in [1.54, 1.807) is 0 Å². The van der Waals surface area contributed by atoms with Crippen LogP contribution in [0, 0.1) is 5.92 Å². The number of rotatable bonds is 4. The molecule has 2 unspecified atom stereocenters. The van der Waals surface area contributed by atoms with E-state index in [-0.39, 0.29) is 11.8 Å². The topological polar surface area (TPSA) is 72.3 Å². The fourth-order valence-corrected chi connectivity index (χ4v) is 2.55. The van der Waals surface area contributed by atoms with Crippen molar-refractivity contribution in [1.82, 2.24) is 0 Å². The number of hydrogen-bond donors (Lipinski definition) is 2. The zero-order valence-electron chi connectivity index (χ0n) is 10.8. The number of carbonyl (C=O) groups is 1. The minimum atomic E-state index is -0.256. The molecule has 1 aromatic carbocycles. The van der Waals surface area contributed by atoms with Crippen molar-refractivity contribution in [2.45, 2.75) is 25.8 Å². The summed E-state index contributed by atoms with van der Waals surface area (Å²) in [6, 6.07) is 8.63. The fraction of sp³-hybridized carbons (Fsp3) is 0.500. The van der Waals surface area contributed by atoms with Crippen molar-refractivity contribution in [3.05, 3.63) is 29.8 Å². The van der Waals surface area contributed by atoms with E-state index in [1.807, 2.05) is 13.0 Å². The summed E-state index contributed by atoms with van der Waals surface area (Å²) < 4.78 is 0. The predicted molar refractivity (Wildman–Crippen MR) is 73.3 cm³/mol. The second-order valence-electron chi connectivity index (χ2n) is 5.01. The Bertz CT molecular complexity index is 433. The molecular weight excluding hydrogens is 226 g/mol. The smallest absolute Gasteiger partial charge is 0.222 e. The molecule has 2 atom stereocenters. The average Bonchev–Trinajstić information content (AvgIpc) is 2.39. The highest BCUT2D eigenvalue weighted by Gasteiger charge is 2.27. The van der Waals surface area contributed by atoms with Crippen LogP contribution in [0.15, 0.2) is 24.3 Å². The molecule has 1 heterocycles. The number of nitrogens with two attached hydrogens (primary N) is 2. The lowest BCUT2D eigenvalue weighted by Gasteiger charge is -2.39. The van der Waals surface area contributed by atoms with Gasteiger partial charge in [-0.3, -0.25) is 4.79 Å². The Morgan fingerprint density at radius 3 is 2.89 bits per heavy atom. The predicted octanol–water partition coefficient (Wildman–Crippen LogP) is 0.888. The number of carbonyl (C=O) groups excluding carboxylic acids is 1. The molecule has 0 saturated heterocycles. The quantitative estimate of drug-likeness (QED) is 0.830. The summed E-state index contributed by atoms with van der Waals surface area (Å²) in [6.45, 7) is 3.13. The highest BCUT2D eigenvalue weighted by atomic mass is 16.1. The fourth-order valence-electron chi connectivity index (χ4n) is 2.55. The van der Waals surface area contributed by atoms with E-state index >= 15 is 0 Å². The molecule has 0 spiro atoms. The van der Waals surface area contributed by atoms with Gasteiger partial charge in [0.15, 0.2) is 0 Å². The molecule has 4 nitrogen and oxygen atoms in total. The molecule has 98 valence electrons. The third-order valence-corrected chi connectivity index (χ3v) is 3.72. The van der Waals surface area contributed by atoms with Gasteiger partial charge in [0.2, 0.25) is 5.91 Å². The van der Waals surface area contributed by atoms with E-state index < -0.39 is 0 Å². The first-order chi connectivity index (χ1) is 8.63. The van der Waals surface area contributed by atoms with Gasteiger partial charge in [-0.2, -0.15) is 0 Å². The standard InChI is InChI=1S/C14H21N3O/c1-10(14(16)18)9-17-12(8-15)7-6-11-4-2-3-5-13(11)17/h2-5,10,12H,6-9,15H2,1H3,(H2,16,18). The Labute approximate surface area is 108 Å². The number of nitrogens with zero attached hydrogens (tertiary/aromatic N) is 1. The van der Waals surface area contributed by atoms with Crippen LogP contribution < -0.4 is 16.4 Å². The first kappa shape index (κ1) is 12.9. The largest absolute Gasteiger partial charge is 0.369 e. The van der Waals surface area contributed by atoms with Gasteiger partial charge in [0, 0.05) is 24.8 Å². The Hall–Kier alpha value is -1.55. The van der Waals surface area contributed by atoms with Crippen molar-refractivity contribution in [2.24, 2.45) is 17.4 Å². The van der Waals surface area contributed by atoms with Crippen LogP contribution >= 0.6 is 0 Å². The minimum Gasteiger partial charge on any atom is -0.369 e. The Morgan fingerprint density at radius 2 is 2.22 bits per heavy atom. The molecule has 1 aliphatic heterocycles. The van der Waals surface area contributed by atoms with Gasteiger partial charge >= 0.3 is 0 Å². The maximum Gasteiger partial charge on any atom is 0.222 e. The number of aryl methyl sites for hydroxylation is 1. The summed E-state index contributed by atoms with van der Waals surface area (Å²) in [6.07, 6.45) is 2.10. The highest BCUT2D eigenvalue weighted by Crippen LogP contribution is 2.30. The molecule has 1 aromatic rings. The van der Waals surface area contributed by atoms with Crippen LogP contribution in [-0.2, 0) is 11.2 Å². The summed E-state index contributed by atoms with van der Waals surface area (Å²) in [4.78, 5) is 13.5. The molecular formula is C14H21N3O. The van der Waals surface area contributed by atoms with Gasteiger partial charge in [-0.05, 0) is 24.5 Å². The number of hydrogen-bond acceptors (Lipinski definition) is 3. The van der Waals surface area contributed by atoms with Crippen LogP contribution in [0.3, 0.4) is 0 Å². The third-order valence-electron chi connectivity index (χ3n) is 3.72. The Kier molecular flexibility index (Phi) is 3.87. The summed E-state index contributed by atoms with van der Waals surface area (Å²) >= 11 is 0. The van der Waals surface area contributed by atoms with Gasteiger partial charge in [0.1, 0.15) is 0 Å². The maximum absolute atomic E-state index is 11.2. The van der Waals surface area contributed by atoms with Crippen LogP contribution in [0.25, 0.3) is 0 Å². The summed E-state index contributed by atoms with van der Waals surface area (Å²) in [5.41, 5.74) is 13.7. The zero-order valence-corrected chi connectivity index (χ0v) is 10.8. The number of para-hydroxylation sites is 1. The molecule has 0 saturated carbocycles. The second-order valence-corrected chi connectivity index (χ2v) is 5.01. The van der Waals surface area contributed by atoms with E-state index in [9.17, 15) is 4.79 Å². The molecule has 4 N–H and O–H groups in total. The summed E-state index contributed by atoms with van der Waals surface area (Å²) in [5, 5.41) is 0. The SMILES string of the molecule is CC(CN1c2ccccc2CCC1CN)C(N)=O. The molecule has 1 amide bonds. The molecule has 0 radical (unpaired) electrons. The first-order valence-electron chi connectivity index (χ1n) is 6.47. The number of primary amides is 1. The van der Waals surface area contributed by atoms with E-state index in [2.05, 4.69) is 23.1 Å². The van der Waals surface area contributed by atoms with Crippen LogP contribution in [0.2, 0.25) is 0 Å². The van der Waals surface area contributed by atoms with E-state index in [4.69, 9.17) is 11.5 Å². The van der Waals surface area contributed by atoms with Crippen molar-refractivity contribution >= 4 is 11.6 Å². The molecule has 0 bridgehead atoms. The normalized spacial score (nSPS) is 20.3. The molecule has 2 rings (SSSR count). The maximum atomic E-state index is 11.2.